The average Bonchev–Trinajstić information content (AvgIpc) is 3.16. The predicted octanol–water partition coefficient (Wildman–Crippen LogP) is 6.05. The Balaban J connectivity index is 1.58. The first-order valence-corrected chi connectivity index (χ1v) is 13.9. The summed E-state index contributed by atoms with van der Waals surface area (Å²) in [5, 5.41) is 5.18. The van der Waals surface area contributed by atoms with Crippen LogP contribution in [0, 0.1) is 20.8 Å². The van der Waals surface area contributed by atoms with Gasteiger partial charge < -0.3 is 4.57 Å². The number of nitrogens with one attached hydrogen (secondary N) is 1. The van der Waals surface area contributed by atoms with Crippen LogP contribution in [0.1, 0.15) is 22.5 Å². The van der Waals surface area contributed by atoms with Crippen molar-refractivity contribution in [1.82, 2.24) is 9.99 Å². The molecule has 3 aromatic carbocycles. The van der Waals surface area contributed by atoms with Crippen LogP contribution in [0.25, 0.3) is 5.69 Å². The molecule has 0 saturated carbocycles. The third-order valence-corrected chi connectivity index (χ3v) is 8.33. The zero-order chi connectivity index (χ0) is 27.4. The van der Waals surface area contributed by atoms with Gasteiger partial charge in [-0.1, -0.05) is 53.5 Å². The van der Waals surface area contributed by atoms with E-state index in [0.29, 0.717) is 21.3 Å². The Kier molecular flexibility index (Phi) is 8.26. The third kappa shape index (κ3) is 5.78. The van der Waals surface area contributed by atoms with Crippen molar-refractivity contribution >= 4 is 51.0 Å². The van der Waals surface area contributed by atoms with Crippen LogP contribution >= 0.6 is 23.2 Å². The number of aromatic nitrogens is 1. The average molecular weight is 570 g/mol. The maximum absolute atomic E-state index is 13.5. The Morgan fingerprint density at radius 2 is 1.66 bits per heavy atom. The van der Waals surface area contributed by atoms with Crippen molar-refractivity contribution in [1.29, 1.82) is 0 Å². The topological polar surface area (TPSA) is 83.8 Å². The molecule has 1 heterocycles. The van der Waals surface area contributed by atoms with Crippen molar-refractivity contribution in [3.8, 4) is 5.69 Å². The van der Waals surface area contributed by atoms with E-state index in [1.807, 2.05) is 48.7 Å². The van der Waals surface area contributed by atoms with Crippen LogP contribution in [0.15, 0.2) is 88.9 Å². The molecule has 0 atom stereocenters. The minimum absolute atomic E-state index is 0.0673. The first kappa shape index (κ1) is 27.4. The van der Waals surface area contributed by atoms with Crippen LogP contribution in [0.2, 0.25) is 10.0 Å². The molecule has 4 aromatic rings. The molecule has 0 unspecified atom stereocenters. The molecule has 1 amide bonds. The number of rotatable bonds is 8. The molecule has 0 bridgehead atoms. The summed E-state index contributed by atoms with van der Waals surface area (Å²) in [7, 11) is -4.04. The molecule has 1 N–H and O–H groups in total. The van der Waals surface area contributed by atoms with E-state index >= 15 is 0 Å². The number of halogens is 2. The highest BCUT2D eigenvalue weighted by atomic mass is 35.5. The Morgan fingerprint density at radius 1 is 0.974 bits per heavy atom. The summed E-state index contributed by atoms with van der Waals surface area (Å²) in [6.45, 7) is 5.14. The molecule has 38 heavy (non-hydrogen) atoms. The van der Waals surface area contributed by atoms with Gasteiger partial charge in [-0.25, -0.2) is 13.8 Å². The van der Waals surface area contributed by atoms with Gasteiger partial charge in [0.25, 0.3) is 15.9 Å². The van der Waals surface area contributed by atoms with Gasteiger partial charge in [-0.15, -0.1) is 0 Å². The first-order chi connectivity index (χ1) is 18.1. The molecule has 4 rings (SSSR count). The number of para-hydroxylation sites is 1. The number of hydrogen-bond acceptors (Lipinski definition) is 4. The highest BCUT2D eigenvalue weighted by molar-refractivity contribution is 7.92. The van der Waals surface area contributed by atoms with Gasteiger partial charge in [-0.05, 0) is 74.9 Å². The Hall–Kier alpha value is -3.59. The molecule has 0 aliphatic rings. The molecule has 0 fully saturated rings. The summed E-state index contributed by atoms with van der Waals surface area (Å²) in [6.07, 6.45) is 1.52. The molecular formula is C28H26Cl2N4O3S. The fraction of sp³-hybridized carbons (Fsp3) is 0.143. The molecule has 0 aliphatic heterocycles. The molecule has 0 saturated heterocycles. The highest BCUT2D eigenvalue weighted by Crippen LogP contribution is 2.29. The van der Waals surface area contributed by atoms with E-state index in [1.54, 1.807) is 43.3 Å². The number of anilines is 1. The minimum atomic E-state index is -4.04. The quantitative estimate of drug-likeness (QED) is 0.207. The van der Waals surface area contributed by atoms with Gasteiger partial charge in [0.2, 0.25) is 0 Å². The molecule has 0 spiro atoms. The van der Waals surface area contributed by atoms with Gasteiger partial charge in [-0.2, -0.15) is 5.10 Å². The fourth-order valence-electron chi connectivity index (χ4n) is 4.18. The van der Waals surface area contributed by atoms with E-state index in [2.05, 4.69) is 10.5 Å². The summed E-state index contributed by atoms with van der Waals surface area (Å²) in [4.78, 5) is 13.0. The van der Waals surface area contributed by atoms with Gasteiger partial charge in [0.15, 0.2) is 0 Å². The predicted molar refractivity (Wildman–Crippen MR) is 153 cm³/mol. The second-order valence-corrected chi connectivity index (χ2v) is 11.4. The van der Waals surface area contributed by atoms with Crippen LogP contribution in [0.3, 0.4) is 0 Å². The van der Waals surface area contributed by atoms with Gasteiger partial charge in [0.05, 0.1) is 27.5 Å². The smallest absolute Gasteiger partial charge is 0.264 e. The summed E-state index contributed by atoms with van der Waals surface area (Å²) in [5.74, 6) is -0.602. The maximum Gasteiger partial charge on any atom is 0.264 e. The third-order valence-electron chi connectivity index (χ3n) is 6.00. The number of amides is 1. The number of carbonyl (C=O) groups is 1. The number of aryl methyl sites for hydroxylation is 2. The number of nitrogens with zero attached hydrogens (tertiary/aromatic N) is 3. The van der Waals surface area contributed by atoms with Crippen LogP contribution in [-0.4, -0.2) is 31.7 Å². The van der Waals surface area contributed by atoms with Crippen LogP contribution in [0.5, 0.6) is 0 Å². The summed E-state index contributed by atoms with van der Waals surface area (Å²) in [5.41, 5.74) is 6.87. The van der Waals surface area contributed by atoms with Crippen molar-refractivity contribution in [2.75, 3.05) is 10.8 Å². The number of benzene rings is 3. The van der Waals surface area contributed by atoms with E-state index in [1.165, 1.54) is 18.3 Å². The van der Waals surface area contributed by atoms with Gasteiger partial charge >= 0.3 is 0 Å². The SMILES string of the molecule is Cc1cc(Cl)ccc1N(CC(=O)N/N=C\c1cc(C)n(-c2ccccc2Cl)c1C)S(=O)(=O)c1ccccc1. The van der Waals surface area contributed by atoms with Crippen molar-refractivity contribution in [3.63, 3.8) is 0 Å². The van der Waals surface area contributed by atoms with Gasteiger partial charge in [0, 0.05) is 22.0 Å². The number of hydrogen-bond donors (Lipinski definition) is 1. The van der Waals surface area contributed by atoms with E-state index in [0.717, 1.165) is 26.9 Å². The minimum Gasteiger partial charge on any atom is -0.316 e. The molecule has 10 heteroatoms. The second kappa shape index (κ2) is 11.4. The lowest BCUT2D eigenvalue weighted by molar-refractivity contribution is -0.119. The van der Waals surface area contributed by atoms with Crippen molar-refractivity contribution in [3.05, 3.63) is 111 Å². The summed E-state index contributed by atoms with van der Waals surface area (Å²) in [6, 6.07) is 22.2. The maximum atomic E-state index is 13.5. The van der Waals surface area contributed by atoms with E-state index in [9.17, 15) is 13.2 Å². The monoisotopic (exact) mass is 568 g/mol. The molecule has 0 aliphatic carbocycles. The lowest BCUT2D eigenvalue weighted by atomic mass is 10.2. The Bertz CT molecular complexity index is 1620. The standard InChI is InChI=1S/C28H26Cl2N4O3S/c1-19-15-23(29)13-14-26(19)33(38(36,37)24-9-5-4-6-10-24)18-28(35)32-31-17-22-16-20(2)34(21(22)3)27-12-8-7-11-25(27)30/h4-17H,18H2,1-3H3,(H,32,35)/b31-17-. The van der Waals surface area contributed by atoms with E-state index < -0.39 is 22.5 Å². The number of carbonyl (C=O) groups excluding carboxylic acids is 1. The highest BCUT2D eigenvalue weighted by Gasteiger charge is 2.28. The Labute approximate surface area is 232 Å². The largest absolute Gasteiger partial charge is 0.316 e. The summed E-state index contributed by atoms with van der Waals surface area (Å²) >= 11 is 12.5. The Morgan fingerprint density at radius 3 is 2.34 bits per heavy atom. The molecule has 196 valence electrons. The lowest BCUT2D eigenvalue weighted by Crippen LogP contribution is -2.40. The van der Waals surface area contributed by atoms with Gasteiger partial charge in [0.1, 0.15) is 6.54 Å². The van der Waals surface area contributed by atoms with E-state index in [-0.39, 0.29) is 4.90 Å². The van der Waals surface area contributed by atoms with Crippen molar-refractivity contribution in [2.24, 2.45) is 5.10 Å². The van der Waals surface area contributed by atoms with Gasteiger partial charge in [-0.3, -0.25) is 9.10 Å². The molecule has 1 aromatic heterocycles. The number of sulfonamides is 1. The molecular weight excluding hydrogens is 543 g/mol. The first-order valence-electron chi connectivity index (χ1n) is 11.7. The normalized spacial score (nSPS) is 11.6. The molecule has 0 radical (unpaired) electrons. The van der Waals surface area contributed by atoms with Crippen molar-refractivity contribution in [2.45, 2.75) is 25.7 Å². The zero-order valence-electron chi connectivity index (χ0n) is 21.0. The van der Waals surface area contributed by atoms with E-state index in [4.69, 9.17) is 23.2 Å². The van der Waals surface area contributed by atoms with Crippen LogP contribution < -0.4 is 9.73 Å². The molecule has 7 nitrogen and oxygen atoms in total. The van der Waals surface area contributed by atoms with Crippen LogP contribution in [-0.2, 0) is 14.8 Å². The number of hydrazone groups is 1. The van der Waals surface area contributed by atoms with Crippen molar-refractivity contribution < 1.29 is 13.2 Å². The zero-order valence-corrected chi connectivity index (χ0v) is 23.3. The lowest BCUT2D eigenvalue weighted by Gasteiger charge is -2.25. The second-order valence-electron chi connectivity index (χ2n) is 8.66. The van der Waals surface area contributed by atoms with Crippen LogP contribution in [0.4, 0.5) is 5.69 Å². The fourth-order valence-corrected chi connectivity index (χ4v) is 6.13. The summed E-state index contributed by atoms with van der Waals surface area (Å²) < 4.78 is 30.1.